The van der Waals surface area contributed by atoms with Gasteiger partial charge in [-0.2, -0.15) is 4.31 Å². The van der Waals surface area contributed by atoms with Gasteiger partial charge in [0.15, 0.2) is 0 Å². The Hall–Kier alpha value is -2.78. The second-order valence-electron chi connectivity index (χ2n) is 8.21. The van der Waals surface area contributed by atoms with Crippen LogP contribution in [0.1, 0.15) is 37.3 Å². The summed E-state index contributed by atoms with van der Waals surface area (Å²) in [5, 5.41) is 2.79. The molecule has 2 aromatic carbocycles. The Morgan fingerprint density at radius 3 is 2.41 bits per heavy atom. The van der Waals surface area contributed by atoms with E-state index in [1.54, 1.807) is 24.3 Å². The lowest BCUT2D eigenvalue weighted by Crippen LogP contribution is -2.47. The number of fused-ring (bicyclic) bond motifs is 1. The molecular weight excluding hydrogens is 433 g/mol. The van der Waals surface area contributed by atoms with Crippen molar-refractivity contribution in [1.82, 2.24) is 9.62 Å². The maximum absolute atomic E-state index is 13.1. The summed E-state index contributed by atoms with van der Waals surface area (Å²) in [4.78, 5) is 26.8. The molecule has 2 amide bonds. The molecule has 1 saturated heterocycles. The molecule has 1 unspecified atom stereocenters. The molecule has 170 valence electrons. The van der Waals surface area contributed by atoms with E-state index in [0.29, 0.717) is 24.3 Å². The Bertz CT molecular complexity index is 1130. The fourth-order valence-electron chi connectivity index (χ4n) is 4.35. The number of piperidine rings is 1. The topological polar surface area (TPSA) is 86.8 Å². The third-order valence-corrected chi connectivity index (χ3v) is 7.90. The Kier molecular flexibility index (Phi) is 6.30. The van der Waals surface area contributed by atoms with Crippen molar-refractivity contribution in [3.05, 3.63) is 59.4 Å². The van der Waals surface area contributed by atoms with Crippen molar-refractivity contribution in [2.45, 2.75) is 50.1 Å². The van der Waals surface area contributed by atoms with Gasteiger partial charge in [0.1, 0.15) is 11.9 Å². The number of hydrogen-bond donors (Lipinski definition) is 1. The van der Waals surface area contributed by atoms with Gasteiger partial charge in [0.05, 0.1) is 4.90 Å². The van der Waals surface area contributed by atoms with E-state index in [1.807, 2.05) is 0 Å². The molecule has 0 aliphatic carbocycles. The average Bonchev–Trinajstić information content (AvgIpc) is 3.18. The van der Waals surface area contributed by atoms with Crippen LogP contribution in [0, 0.1) is 5.82 Å². The minimum absolute atomic E-state index is 0.189. The lowest BCUT2D eigenvalue weighted by atomic mass is 10.1. The van der Waals surface area contributed by atoms with Crippen molar-refractivity contribution < 1.29 is 22.4 Å². The number of hydrogen-bond acceptors (Lipinski definition) is 4. The fourth-order valence-corrected chi connectivity index (χ4v) is 5.92. The Labute approximate surface area is 187 Å². The van der Waals surface area contributed by atoms with Crippen LogP contribution in [0.15, 0.2) is 47.4 Å². The maximum atomic E-state index is 13.1. The number of carbonyl (C=O) groups is 2. The largest absolute Gasteiger partial charge is 0.350 e. The highest BCUT2D eigenvalue weighted by molar-refractivity contribution is 7.89. The summed E-state index contributed by atoms with van der Waals surface area (Å²) in [5.74, 6) is -0.997. The van der Waals surface area contributed by atoms with E-state index in [2.05, 4.69) is 5.32 Å². The standard InChI is InChI=1S/C23H26FN3O4S/c1-16(28)27-21-10-9-20(32(30,31)26-11-3-2-4-12-26)13-18(21)14-22(27)23(29)25-15-17-5-7-19(24)8-6-17/h5-10,13,22H,2-4,11-12,14-15H2,1H3,(H,25,29). The van der Waals surface area contributed by atoms with Crippen LogP contribution in [-0.4, -0.2) is 43.7 Å². The van der Waals surface area contributed by atoms with Gasteiger partial charge in [-0.3, -0.25) is 14.5 Å². The minimum atomic E-state index is -3.61. The normalized spacial score (nSPS) is 18.9. The summed E-state index contributed by atoms with van der Waals surface area (Å²) in [5.41, 5.74) is 1.94. The molecule has 32 heavy (non-hydrogen) atoms. The SMILES string of the molecule is CC(=O)N1c2ccc(S(=O)(=O)N3CCCCC3)cc2CC1C(=O)NCc1ccc(F)cc1. The lowest BCUT2D eigenvalue weighted by molar-refractivity contribution is -0.125. The molecule has 2 heterocycles. The molecule has 2 aliphatic rings. The van der Waals surface area contributed by atoms with Crippen LogP contribution in [0.2, 0.25) is 0 Å². The molecule has 7 nitrogen and oxygen atoms in total. The van der Waals surface area contributed by atoms with Crippen molar-refractivity contribution in [3.63, 3.8) is 0 Å². The van der Waals surface area contributed by atoms with Crippen LogP contribution in [0.5, 0.6) is 0 Å². The molecular formula is C23H26FN3O4S. The Morgan fingerprint density at radius 2 is 1.75 bits per heavy atom. The quantitative estimate of drug-likeness (QED) is 0.745. The van der Waals surface area contributed by atoms with Crippen LogP contribution in [0.25, 0.3) is 0 Å². The van der Waals surface area contributed by atoms with E-state index < -0.39 is 16.1 Å². The van der Waals surface area contributed by atoms with Gasteiger partial charge in [-0.25, -0.2) is 12.8 Å². The molecule has 1 atom stereocenters. The van der Waals surface area contributed by atoms with E-state index >= 15 is 0 Å². The molecule has 0 bridgehead atoms. The van der Waals surface area contributed by atoms with E-state index in [4.69, 9.17) is 0 Å². The zero-order chi connectivity index (χ0) is 22.9. The smallest absolute Gasteiger partial charge is 0.243 e. The molecule has 0 radical (unpaired) electrons. The zero-order valence-corrected chi connectivity index (χ0v) is 18.7. The van der Waals surface area contributed by atoms with Crippen molar-refractivity contribution in [2.75, 3.05) is 18.0 Å². The van der Waals surface area contributed by atoms with Gasteiger partial charge >= 0.3 is 0 Å². The molecule has 4 rings (SSSR count). The number of sulfonamides is 1. The van der Waals surface area contributed by atoms with Gasteiger partial charge in [-0.05, 0) is 54.3 Å². The van der Waals surface area contributed by atoms with Crippen molar-refractivity contribution in [3.8, 4) is 0 Å². The first-order chi connectivity index (χ1) is 15.3. The van der Waals surface area contributed by atoms with Crippen LogP contribution in [0.3, 0.4) is 0 Å². The average molecular weight is 460 g/mol. The summed E-state index contributed by atoms with van der Waals surface area (Å²) in [7, 11) is -3.61. The highest BCUT2D eigenvalue weighted by Gasteiger charge is 2.38. The lowest BCUT2D eigenvalue weighted by Gasteiger charge is -2.26. The van der Waals surface area contributed by atoms with Gasteiger partial charge in [0.25, 0.3) is 0 Å². The Morgan fingerprint density at radius 1 is 1.06 bits per heavy atom. The van der Waals surface area contributed by atoms with E-state index in [9.17, 15) is 22.4 Å². The highest BCUT2D eigenvalue weighted by atomic mass is 32.2. The Balaban J connectivity index is 1.54. The molecule has 9 heteroatoms. The molecule has 0 spiro atoms. The van der Waals surface area contributed by atoms with Crippen molar-refractivity contribution in [1.29, 1.82) is 0 Å². The van der Waals surface area contributed by atoms with E-state index in [0.717, 1.165) is 24.8 Å². The van der Waals surface area contributed by atoms with Crippen molar-refractivity contribution in [2.24, 2.45) is 0 Å². The predicted octanol–water partition coefficient (Wildman–Crippen LogP) is 2.59. The number of carbonyl (C=O) groups excluding carboxylic acids is 2. The number of halogens is 1. The van der Waals surface area contributed by atoms with Crippen molar-refractivity contribution >= 4 is 27.5 Å². The predicted molar refractivity (Wildman–Crippen MR) is 118 cm³/mol. The monoisotopic (exact) mass is 459 g/mol. The summed E-state index contributed by atoms with van der Waals surface area (Å²) in [6, 6.07) is 9.74. The summed E-state index contributed by atoms with van der Waals surface area (Å²) < 4.78 is 40.7. The van der Waals surface area contributed by atoms with E-state index in [1.165, 1.54) is 34.3 Å². The number of nitrogens with one attached hydrogen (secondary N) is 1. The van der Waals surface area contributed by atoms with Crippen LogP contribution in [-0.2, 0) is 32.6 Å². The van der Waals surface area contributed by atoms with Gasteiger partial charge in [-0.15, -0.1) is 0 Å². The van der Waals surface area contributed by atoms with E-state index in [-0.39, 0.29) is 35.5 Å². The minimum Gasteiger partial charge on any atom is -0.350 e. The number of anilines is 1. The zero-order valence-electron chi connectivity index (χ0n) is 17.9. The number of rotatable bonds is 5. The van der Waals surface area contributed by atoms with Gasteiger partial charge in [-0.1, -0.05) is 18.6 Å². The van der Waals surface area contributed by atoms with Gasteiger partial charge in [0.2, 0.25) is 21.8 Å². The summed E-state index contributed by atoms with van der Waals surface area (Å²) in [6.45, 7) is 2.60. The summed E-state index contributed by atoms with van der Waals surface area (Å²) in [6.07, 6.45) is 2.95. The van der Waals surface area contributed by atoms with Crippen LogP contribution in [0.4, 0.5) is 10.1 Å². The number of amides is 2. The van der Waals surface area contributed by atoms with Gasteiger partial charge in [0, 0.05) is 38.7 Å². The first-order valence-corrected chi connectivity index (χ1v) is 12.2. The number of nitrogens with zero attached hydrogens (tertiary/aromatic N) is 2. The molecule has 1 N–H and O–H groups in total. The molecule has 1 fully saturated rings. The second kappa shape index (κ2) is 8.99. The number of benzene rings is 2. The third kappa shape index (κ3) is 4.40. The second-order valence-corrected chi connectivity index (χ2v) is 10.1. The molecule has 0 aromatic heterocycles. The summed E-state index contributed by atoms with van der Waals surface area (Å²) >= 11 is 0. The fraction of sp³-hybridized carbons (Fsp3) is 0.391. The van der Waals surface area contributed by atoms with Gasteiger partial charge < -0.3 is 5.32 Å². The first kappa shape index (κ1) is 22.4. The highest BCUT2D eigenvalue weighted by Crippen LogP contribution is 2.35. The molecule has 0 saturated carbocycles. The first-order valence-electron chi connectivity index (χ1n) is 10.7. The van der Waals surface area contributed by atoms with Crippen LogP contribution < -0.4 is 10.2 Å². The maximum Gasteiger partial charge on any atom is 0.243 e. The molecule has 2 aromatic rings. The molecule has 2 aliphatic heterocycles. The third-order valence-electron chi connectivity index (χ3n) is 6.01. The van der Waals surface area contributed by atoms with Crippen LogP contribution >= 0.6 is 0 Å².